The maximum atomic E-state index is 13.9. The molecule has 1 unspecified atom stereocenters. The maximum absolute atomic E-state index is 13.9. The number of amides is 2. The summed E-state index contributed by atoms with van der Waals surface area (Å²) in [6.45, 7) is 3.92. The van der Waals surface area contributed by atoms with Crippen molar-refractivity contribution in [3.63, 3.8) is 0 Å². The minimum absolute atomic E-state index is 0.00628. The largest absolute Gasteiger partial charge is 0.326 e. The molecule has 25 heavy (non-hydrogen) atoms. The average Bonchev–Trinajstić information content (AvgIpc) is 2.92. The van der Waals surface area contributed by atoms with E-state index < -0.39 is 17.6 Å². The number of hydrogen-bond acceptors (Lipinski definition) is 2. The Kier molecular flexibility index (Phi) is 4.53. The molecule has 6 heteroatoms. The number of aryl methyl sites for hydroxylation is 2. The number of rotatable bonds is 3. The van der Waals surface area contributed by atoms with Gasteiger partial charge in [-0.15, -0.1) is 0 Å². The Bertz CT molecular complexity index is 851. The highest BCUT2D eigenvalue weighted by atomic mass is 19.1. The van der Waals surface area contributed by atoms with Gasteiger partial charge in [0, 0.05) is 24.7 Å². The molecule has 2 aromatic carbocycles. The lowest BCUT2D eigenvalue weighted by Gasteiger charge is -2.17. The summed E-state index contributed by atoms with van der Waals surface area (Å²) in [6, 6.07) is 8.70. The van der Waals surface area contributed by atoms with E-state index in [4.69, 9.17) is 0 Å². The van der Waals surface area contributed by atoms with Crippen LogP contribution in [0, 0.1) is 31.4 Å². The van der Waals surface area contributed by atoms with Gasteiger partial charge in [-0.1, -0.05) is 17.7 Å². The molecule has 0 aromatic heterocycles. The molecule has 1 heterocycles. The third-order valence-corrected chi connectivity index (χ3v) is 4.34. The molecule has 1 atom stereocenters. The standard InChI is InChI=1S/C19H18F2N2O2/c1-11-3-5-16(12(2)7-11)22-19(25)13-8-18(24)23(10-13)17-6-4-14(20)9-15(17)21/h3-7,9,13H,8,10H2,1-2H3,(H,22,25). The first-order valence-electron chi connectivity index (χ1n) is 7.98. The third kappa shape index (κ3) is 3.52. The van der Waals surface area contributed by atoms with Crippen molar-refractivity contribution in [1.82, 2.24) is 0 Å². The second-order valence-corrected chi connectivity index (χ2v) is 6.31. The monoisotopic (exact) mass is 344 g/mol. The molecule has 1 N–H and O–H groups in total. The number of nitrogens with zero attached hydrogens (tertiary/aromatic N) is 1. The average molecular weight is 344 g/mol. The van der Waals surface area contributed by atoms with Crippen LogP contribution in [0.4, 0.5) is 20.2 Å². The normalized spacial score (nSPS) is 17.0. The molecule has 4 nitrogen and oxygen atoms in total. The number of nitrogens with one attached hydrogen (secondary N) is 1. The SMILES string of the molecule is Cc1ccc(NC(=O)C2CC(=O)N(c3ccc(F)cc3F)C2)c(C)c1. The van der Waals surface area contributed by atoms with Crippen LogP contribution >= 0.6 is 0 Å². The molecular weight excluding hydrogens is 326 g/mol. The van der Waals surface area contributed by atoms with Crippen molar-refractivity contribution < 1.29 is 18.4 Å². The number of carbonyl (C=O) groups excluding carboxylic acids is 2. The predicted octanol–water partition coefficient (Wildman–Crippen LogP) is 3.57. The highest BCUT2D eigenvalue weighted by molar-refractivity contribution is 6.03. The fourth-order valence-electron chi connectivity index (χ4n) is 3.00. The summed E-state index contributed by atoms with van der Waals surface area (Å²) >= 11 is 0. The van der Waals surface area contributed by atoms with Crippen molar-refractivity contribution >= 4 is 23.2 Å². The summed E-state index contributed by atoms with van der Waals surface area (Å²) in [6.07, 6.45) is -0.00639. The summed E-state index contributed by atoms with van der Waals surface area (Å²) in [5, 5.41) is 2.82. The van der Waals surface area contributed by atoms with Gasteiger partial charge >= 0.3 is 0 Å². The van der Waals surface area contributed by atoms with E-state index in [1.165, 1.54) is 11.0 Å². The van der Waals surface area contributed by atoms with Crippen LogP contribution in [0.15, 0.2) is 36.4 Å². The van der Waals surface area contributed by atoms with Crippen molar-refractivity contribution in [2.45, 2.75) is 20.3 Å². The Balaban J connectivity index is 1.74. The Morgan fingerprint density at radius 2 is 1.92 bits per heavy atom. The number of halogens is 2. The minimum atomic E-state index is -0.816. The molecule has 2 aromatic rings. The van der Waals surface area contributed by atoms with Crippen LogP contribution in [0.25, 0.3) is 0 Å². The molecule has 1 fully saturated rings. The van der Waals surface area contributed by atoms with Gasteiger partial charge in [0.25, 0.3) is 0 Å². The Morgan fingerprint density at radius 1 is 1.16 bits per heavy atom. The van der Waals surface area contributed by atoms with Crippen LogP contribution in [-0.2, 0) is 9.59 Å². The van der Waals surface area contributed by atoms with E-state index in [-0.39, 0.29) is 30.5 Å². The van der Waals surface area contributed by atoms with Gasteiger partial charge in [0.05, 0.1) is 11.6 Å². The second kappa shape index (κ2) is 6.63. The van der Waals surface area contributed by atoms with E-state index in [2.05, 4.69) is 5.32 Å². The summed E-state index contributed by atoms with van der Waals surface area (Å²) in [5.41, 5.74) is 2.70. The van der Waals surface area contributed by atoms with Crippen LogP contribution in [-0.4, -0.2) is 18.4 Å². The zero-order valence-electron chi connectivity index (χ0n) is 14.0. The lowest BCUT2D eigenvalue weighted by Crippen LogP contribution is -2.28. The molecule has 2 amide bonds. The van der Waals surface area contributed by atoms with Crippen molar-refractivity contribution in [3.05, 3.63) is 59.2 Å². The van der Waals surface area contributed by atoms with E-state index in [9.17, 15) is 18.4 Å². The Labute approximate surface area is 144 Å². The zero-order valence-corrected chi connectivity index (χ0v) is 14.0. The van der Waals surface area contributed by atoms with Gasteiger partial charge in [0.15, 0.2) is 0 Å². The molecule has 3 rings (SSSR count). The van der Waals surface area contributed by atoms with Gasteiger partial charge in [-0.3, -0.25) is 9.59 Å². The highest BCUT2D eigenvalue weighted by Gasteiger charge is 2.36. The summed E-state index contributed by atoms with van der Waals surface area (Å²) in [4.78, 5) is 25.8. The van der Waals surface area contributed by atoms with Crippen LogP contribution in [0.1, 0.15) is 17.5 Å². The van der Waals surface area contributed by atoms with Crippen LogP contribution in [0.5, 0.6) is 0 Å². The van der Waals surface area contributed by atoms with Gasteiger partial charge in [-0.25, -0.2) is 8.78 Å². The van der Waals surface area contributed by atoms with E-state index in [0.29, 0.717) is 5.69 Å². The van der Waals surface area contributed by atoms with E-state index >= 15 is 0 Å². The molecule has 130 valence electrons. The van der Waals surface area contributed by atoms with Gasteiger partial charge in [-0.2, -0.15) is 0 Å². The lowest BCUT2D eigenvalue weighted by molar-refractivity contribution is -0.122. The van der Waals surface area contributed by atoms with Gasteiger partial charge in [-0.05, 0) is 37.6 Å². The van der Waals surface area contributed by atoms with Gasteiger partial charge in [0.2, 0.25) is 11.8 Å². The molecule has 0 saturated carbocycles. The van der Waals surface area contributed by atoms with Crippen molar-refractivity contribution in [1.29, 1.82) is 0 Å². The molecule has 1 saturated heterocycles. The second-order valence-electron chi connectivity index (χ2n) is 6.31. The Morgan fingerprint density at radius 3 is 2.60 bits per heavy atom. The van der Waals surface area contributed by atoms with Crippen LogP contribution < -0.4 is 10.2 Å². The van der Waals surface area contributed by atoms with Gasteiger partial charge in [0.1, 0.15) is 11.6 Å². The highest BCUT2D eigenvalue weighted by Crippen LogP contribution is 2.29. The van der Waals surface area contributed by atoms with Crippen molar-refractivity contribution in [2.24, 2.45) is 5.92 Å². The van der Waals surface area contributed by atoms with Crippen LogP contribution in [0.2, 0.25) is 0 Å². The minimum Gasteiger partial charge on any atom is -0.326 e. The number of benzene rings is 2. The van der Waals surface area contributed by atoms with Gasteiger partial charge < -0.3 is 10.2 Å². The first-order chi connectivity index (χ1) is 11.8. The fourth-order valence-corrected chi connectivity index (χ4v) is 3.00. The van der Waals surface area contributed by atoms with E-state index in [1.807, 2.05) is 32.0 Å². The first-order valence-corrected chi connectivity index (χ1v) is 7.98. The predicted molar refractivity (Wildman–Crippen MR) is 91.4 cm³/mol. The molecule has 0 spiro atoms. The summed E-state index contributed by atoms with van der Waals surface area (Å²) in [7, 11) is 0. The first kappa shape index (κ1) is 17.1. The molecule has 1 aliphatic heterocycles. The van der Waals surface area contributed by atoms with Crippen LogP contribution in [0.3, 0.4) is 0 Å². The maximum Gasteiger partial charge on any atom is 0.229 e. The molecule has 1 aliphatic rings. The fraction of sp³-hybridized carbons (Fsp3) is 0.263. The summed E-state index contributed by atoms with van der Waals surface area (Å²) in [5.74, 6) is -2.75. The number of anilines is 2. The van der Waals surface area contributed by atoms with Crippen molar-refractivity contribution in [3.8, 4) is 0 Å². The van der Waals surface area contributed by atoms with E-state index in [0.717, 1.165) is 23.3 Å². The van der Waals surface area contributed by atoms with Crippen molar-refractivity contribution in [2.75, 3.05) is 16.8 Å². The van der Waals surface area contributed by atoms with E-state index in [1.54, 1.807) is 0 Å². The lowest BCUT2D eigenvalue weighted by atomic mass is 10.1. The molecule has 0 aliphatic carbocycles. The number of hydrogen-bond donors (Lipinski definition) is 1. The molecule has 0 radical (unpaired) electrons. The molecule has 0 bridgehead atoms. The third-order valence-electron chi connectivity index (χ3n) is 4.34. The smallest absolute Gasteiger partial charge is 0.229 e. The Hall–Kier alpha value is -2.76. The topological polar surface area (TPSA) is 49.4 Å². The quantitative estimate of drug-likeness (QED) is 0.925. The zero-order chi connectivity index (χ0) is 18.1. The number of carbonyl (C=O) groups is 2. The summed E-state index contributed by atoms with van der Waals surface area (Å²) < 4.78 is 26.9. The molecular formula is C19H18F2N2O2.